The Hall–Kier alpha value is -2.70. The topological polar surface area (TPSA) is 110 Å². The predicted molar refractivity (Wildman–Crippen MR) is 129 cm³/mol. The molecule has 2 aliphatic heterocycles. The number of alkyl halides is 3. The van der Waals surface area contributed by atoms with Gasteiger partial charge in [0, 0.05) is 29.6 Å². The fraction of sp³-hybridized carbons (Fsp3) is 0.583. The highest BCUT2D eigenvalue weighted by Crippen LogP contribution is 2.37. The highest BCUT2D eigenvalue weighted by atomic mass is 35.5. The lowest BCUT2D eigenvalue weighted by Gasteiger charge is -2.41. The summed E-state index contributed by atoms with van der Waals surface area (Å²) in [5, 5.41) is 19.3. The van der Waals surface area contributed by atoms with Crippen LogP contribution in [0.1, 0.15) is 55.1 Å². The maximum absolute atomic E-state index is 12.7. The monoisotopic (exact) mass is 545 g/mol. The van der Waals surface area contributed by atoms with Crippen molar-refractivity contribution in [2.24, 2.45) is 5.41 Å². The molecule has 2 aliphatic rings. The highest BCUT2D eigenvalue weighted by molar-refractivity contribution is 6.30. The molecule has 3 heterocycles. The number of carboxylic acid groups (broad SMARTS) is 1. The molecule has 204 valence electrons. The minimum Gasteiger partial charge on any atom is -0.475 e. The summed E-state index contributed by atoms with van der Waals surface area (Å²) in [5.41, 5.74) is 1.24. The standard InChI is InChI=1S/C22H30ClN5O2.C2HF3O2/c1-3-16(2)24-21(29)20-26-25-19-13-30-15-22(14-28(19)20)7-9-27(10-8-22)12-17-5-4-6-18(23)11-17;3-2(4,5)1(6)7/h4-6,11,16H,3,7-10,12-15H2,1-2H3,(H,24,29);(H,6,7). The summed E-state index contributed by atoms with van der Waals surface area (Å²) < 4.78 is 39.7. The SMILES string of the molecule is CCC(C)NC(=O)c1nnc2n1CC1(CCN(Cc3cccc(Cl)c3)CC1)COC2.O=C(O)C(F)(F)F. The molecule has 1 amide bonds. The van der Waals surface area contributed by atoms with Crippen molar-refractivity contribution in [3.05, 3.63) is 46.5 Å². The number of ether oxygens (including phenoxy) is 1. The summed E-state index contributed by atoms with van der Waals surface area (Å²) in [6, 6.07) is 8.17. The molecule has 2 N–H and O–H groups in total. The van der Waals surface area contributed by atoms with E-state index in [2.05, 4.69) is 33.4 Å². The number of aliphatic carboxylic acids is 1. The molecule has 0 saturated carbocycles. The predicted octanol–water partition coefficient (Wildman–Crippen LogP) is 3.91. The first-order valence-corrected chi connectivity index (χ1v) is 12.4. The van der Waals surface area contributed by atoms with Crippen molar-refractivity contribution in [2.45, 2.75) is 65.0 Å². The molecule has 0 aliphatic carbocycles. The van der Waals surface area contributed by atoms with Gasteiger partial charge in [-0.3, -0.25) is 9.69 Å². The van der Waals surface area contributed by atoms with Gasteiger partial charge in [0.2, 0.25) is 5.82 Å². The first kappa shape index (κ1) is 28.9. The average molecular weight is 546 g/mol. The number of rotatable bonds is 5. The van der Waals surface area contributed by atoms with E-state index in [-0.39, 0.29) is 17.4 Å². The number of hydrogen-bond donors (Lipinski definition) is 2. The van der Waals surface area contributed by atoms with Crippen molar-refractivity contribution in [3.63, 3.8) is 0 Å². The lowest BCUT2D eigenvalue weighted by molar-refractivity contribution is -0.192. The number of likely N-dealkylation sites (tertiary alicyclic amines) is 1. The van der Waals surface area contributed by atoms with E-state index in [1.807, 2.05) is 29.7 Å². The van der Waals surface area contributed by atoms with Gasteiger partial charge in [-0.2, -0.15) is 13.2 Å². The van der Waals surface area contributed by atoms with E-state index >= 15 is 0 Å². The molecule has 1 saturated heterocycles. The molecular weight excluding hydrogens is 515 g/mol. The van der Waals surface area contributed by atoms with Crippen LogP contribution >= 0.6 is 11.6 Å². The minimum atomic E-state index is -5.08. The largest absolute Gasteiger partial charge is 0.490 e. The second kappa shape index (κ2) is 12.2. The van der Waals surface area contributed by atoms with Crippen LogP contribution in [0.5, 0.6) is 0 Å². The Morgan fingerprint density at radius 2 is 1.95 bits per heavy atom. The number of halogens is 4. The lowest BCUT2D eigenvalue weighted by Crippen LogP contribution is -2.44. The van der Waals surface area contributed by atoms with E-state index in [4.69, 9.17) is 26.2 Å². The lowest BCUT2D eigenvalue weighted by atomic mass is 9.78. The van der Waals surface area contributed by atoms with Crippen LogP contribution in [0, 0.1) is 5.41 Å². The Balaban J connectivity index is 0.000000479. The zero-order valence-electron chi connectivity index (χ0n) is 20.7. The van der Waals surface area contributed by atoms with Crippen LogP contribution in [0.3, 0.4) is 0 Å². The number of nitrogens with one attached hydrogen (secondary N) is 1. The van der Waals surface area contributed by atoms with Gasteiger partial charge in [0.15, 0.2) is 5.82 Å². The first-order chi connectivity index (χ1) is 17.4. The van der Waals surface area contributed by atoms with Crippen LogP contribution in [0.25, 0.3) is 0 Å². The smallest absolute Gasteiger partial charge is 0.475 e. The van der Waals surface area contributed by atoms with Gasteiger partial charge in [0.1, 0.15) is 6.61 Å². The number of carbonyl (C=O) groups excluding carboxylic acids is 1. The van der Waals surface area contributed by atoms with Gasteiger partial charge in [-0.25, -0.2) is 4.79 Å². The van der Waals surface area contributed by atoms with Crippen LogP contribution in [-0.4, -0.2) is 68.6 Å². The number of carbonyl (C=O) groups is 2. The number of aromatic nitrogens is 3. The van der Waals surface area contributed by atoms with Crippen LogP contribution in [0.2, 0.25) is 5.02 Å². The van der Waals surface area contributed by atoms with Gasteiger partial charge in [-0.05, 0) is 57.0 Å². The molecular formula is C24H31ClF3N5O4. The number of amides is 1. The van der Waals surface area contributed by atoms with E-state index in [1.165, 1.54) is 5.56 Å². The third kappa shape index (κ3) is 7.89. The van der Waals surface area contributed by atoms with Crippen molar-refractivity contribution in [2.75, 3.05) is 19.7 Å². The molecule has 0 radical (unpaired) electrons. The molecule has 9 nitrogen and oxygen atoms in total. The van der Waals surface area contributed by atoms with Crippen LogP contribution in [-0.2, 0) is 29.2 Å². The van der Waals surface area contributed by atoms with Crippen molar-refractivity contribution < 1.29 is 32.6 Å². The second-order valence-electron chi connectivity index (χ2n) is 9.51. The summed E-state index contributed by atoms with van der Waals surface area (Å²) in [5.74, 6) is -1.77. The Morgan fingerprint density at radius 1 is 1.27 bits per heavy atom. The van der Waals surface area contributed by atoms with E-state index < -0.39 is 12.1 Å². The van der Waals surface area contributed by atoms with Crippen molar-refractivity contribution in [3.8, 4) is 0 Å². The average Bonchev–Trinajstić information content (AvgIpc) is 3.13. The van der Waals surface area contributed by atoms with E-state index in [9.17, 15) is 18.0 Å². The molecule has 1 spiro atoms. The molecule has 1 fully saturated rings. The minimum absolute atomic E-state index is 0.00383. The van der Waals surface area contributed by atoms with Crippen molar-refractivity contribution in [1.82, 2.24) is 25.0 Å². The third-order valence-corrected chi connectivity index (χ3v) is 6.84. The van der Waals surface area contributed by atoms with E-state index in [0.717, 1.165) is 56.3 Å². The van der Waals surface area contributed by atoms with Gasteiger partial charge in [0.25, 0.3) is 5.91 Å². The fourth-order valence-electron chi connectivity index (χ4n) is 4.29. The molecule has 1 unspecified atom stereocenters. The Kier molecular flexibility index (Phi) is 9.54. The molecule has 1 aromatic heterocycles. The molecule has 13 heteroatoms. The number of fused-ring (bicyclic) bond motifs is 1. The molecule has 2 aromatic rings. The number of piperidine rings is 1. The molecule has 37 heavy (non-hydrogen) atoms. The van der Waals surface area contributed by atoms with Gasteiger partial charge in [0.05, 0.1) is 6.61 Å². The number of benzene rings is 1. The summed E-state index contributed by atoms with van der Waals surface area (Å²) in [4.78, 5) is 24.1. The van der Waals surface area contributed by atoms with Gasteiger partial charge < -0.3 is 19.7 Å². The van der Waals surface area contributed by atoms with Crippen molar-refractivity contribution >= 4 is 23.5 Å². The highest BCUT2D eigenvalue weighted by Gasteiger charge is 2.39. The number of hydrogen-bond acceptors (Lipinski definition) is 6. The molecule has 4 rings (SSSR count). The fourth-order valence-corrected chi connectivity index (χ4v) is 4.50. The quantitative estimate of drug-likeness (QED) is 0.586. The van der Waals surface area contributed by atoms with E-state index in [1.54, 1.807) is 0 Å². The van der Waals surface area contributed by atoms with Crippen LogP contribution in [0.4, 0.5) is 13.2 Å². The van der Waals surface area contributed by atoms with E-state index in [0.29, 0.717) is 19.0 Å². The third-order valence-electron chi connectivity index (χ3n) is 6.61. The maximum Gasteiger partial charge on any atom is 0.490 e. The second-order valence-corrected chi connectivity index (χ2v) is 9.95. The van der Waals surface area contributed by atoms with Crippen LogP contribution < -0.4 is 5.32 Å². The number of nitrogens with zero attached hydrogens (tertiary/aromatic N) is 4. The Bertz CT molecular complexity index is 1090. The molecule has 1 aromatic carbocycles. The Labute approximate surface area is 217 Å². The maximum atomic E-state index is 12.7. The van der Waals surface area contributed by atoms with Crippen LogP contribution in [0.15, 0.2) is 24.3 Å². The summed E-state index contributed by atoms with van der Waals surface area (Å²) >= 11 is 6.13. The summed E-state index contributed by atoms with van der Waals surface area (Å²) in [7, 11) is 0. The van der Waals surface area contributed by atoms with Crippen molar-refractivity contribution in [1.29, 1.82) is 0 Å². The molecule has 1 atom stereocenters. The summed E-state index contributed by atoms with van der Waals surface area (Å²) in [6.07, 6.45) is -2.18. The zero-order valence-corrected chi connectivity index (χ0v) is 21.5. The zero-order chi connectivity index (χ0) is 27.2. The molecule has 0 bridgehead atoms. The Morgan fingerprint density at radius 3 is 2.54 bits per heavy atom. The number of carboxylic acids is 1. The summed E-state index contributed by atoms with van der Waals surface area (Å²) in [6.45, 7) is 8.74. The van der Waals surface area contributed by atoms with Gasteiger partial charge >= 0.3 is 12.1 Å². The van der Waals surface area contributed by atoms with Gasteiger partial charge in [-0.15, -0.1) is 10.2 Å². The van der Waals surface area contributed by atoms with Gasteiger partial charge in [-0.1, -0.05) is 30.7 Å². The normalized spacial score (nSPS) is 18.2. The first-order valence-electron chi connectivity index (χ1n) is 12.0.